The summed E-state index contributed by atoms with van der Waals surface area (Å²) in [7, 11) is 0. The lowest BCUT2D eigenvalue weighted by molar-refractivity contribution is 0.103. The van der Waals surface area contributed by atoms with Gasteiger partial charge in [-0.3, -0.25) is 0 Å². The molecule has 0 aromatic carbocycles. The molecule has 0 unspecified atom stereocenters. The molecular formula is C7H13OS. The minimum Gasteiger partial charge on any atom is -0.360 e. The van der Waals surface area contributed by atoms with E-state index in [2.05, 4.69) is 13.8 Å². The van der Waals surface area contributed by atoms with Crippen LogP contribution >= 0.6 is 11.8 Å². The van der Waals surface area contributed by atoms with Gasteiger partial charge in [0.2, 0.25) is 0 Å². The quantitative estimate of drug-likeness (QED) is 0.517. The first-order valence-electron chi connectivity index (χ1n) is 3.19. The van der Waals surface area contributed by atoms with E-state index in [4.69, 9.17) is 4.74 Å². The fraction of sp³-hybridized carbons (Fsp3) is 0.857. The van der Waals surface area contributed by atoms with E-state index in [-0.39, 0.29) is 0 Å². The van der Waals surface area contributed by atoms with Crippen LogP contribution < -0.4 is 0 Å². The summed E-state index contributed by atoms with van der Waals surface area (Å²) in [6.07, 6.45) is 0. The van der Waals surface area contributed by atoms with Crippen molar-refractivity contribution in [1.82, 2.24) is 0 Å². The Kier molecular flexibility index (Phi) is 2.07. The first-order chi connectivity index (χ1) is 4.10. The summed E-state index contributed by atoms with van der Waals surface area (Å²) < 4.78 is 5.37. The molecule has 0 spiro atoms. The van der Waals surface area contributed by atoms with Crippen molar-refractivity contribution in [3.05, 3.63) is 5.44 Å². The lowest BCUT2D eigenvalue weighted by Gasteiger charge is -2.31. The van der Waals surface area contributed by atoms with Gasteiger partial charge in [0.1, 0.15) is 5.44 Å². The zero-order valence-corrected chi connectivity index (χ0v) is 7.05. The zero-order valence-electron chi connectivity index (χ0n) is 6.23. The first kappa shape index (κ1) is 7.42. The molecule has 1 radical (unpaired) electrons. The Labute approximate surface area is 61.2 Å². The molecule has 0 amide bonds. The predicted octanol–water partition coefficient (Wildman–Crippen LogP) is 2.29. The molecule has 0 N–H and O–H groups in total. The van der Waals surface area contributed by atoms with Gasteiger partial charge in [-0.1, -0.05) is 13.8 Å². The zero-order chi connectivity index (χ0) is 6.91. The third-order valence-electron chi connectivity index (χ3n) is 1.33. The Morgan fingerprint density at radius 1 is 1.56 bits per heavy atom. The molecule has 0 aromatic rings. The summed E-state index contributed by atoms with van der Waals surface area (Å²) in [6.45, 7) is 7.37. The van der Waals surface area contributed by atoms with Crippen molar-refractivity contribution in [2.24, 2.45) is 5.41 Å². The second-order valence-electron chi connectivity index (χ2n) is 3.23. The molecule has 1 aliphatic heterocycles. The summed E-state index contributed by atoms with van der Waals surface area (Å²) in [5.74, 6) is 1.19. The number of thioether (sulfide) groups is 1. The highest BCUT2D eigenvalue weighted by Crippen LogP contribution is 2.35. The molecule has 0 bridgehead atoms. The molecule has 1 heterocycles. The number of rotatable bonds is 0. The highest BCUT2D eigenvalue weighted by Gasteiger charge is 2.26. The molecule has 0 aliphatic carbocycles. The van der Waals surface area contributed by atoms with Gasteiger partial charge in [-0.05, 0) is 12.3 Å². The molecule has 1 saturated heterocycles. The summed E-state index contributed by atoms with van der Waals surface area (Å²) >= 11 is 1.82. The monoisotopic (exact) mass is 145 g/mol. The van der Waals surface area contributed by atoms with E-state index < -0.39 is 0 Å². The van der Waals surface area contributed by atoms with E-state index in [9.17, 15) is 0 Å². The van der Waals surface area contributed by atoms with E-state index in [0.29, 0.717) is 5.41 Å². The Bertz CT molecular complexity index is 91.1. The van der Waals surface area contributed by atoms with Crippen LogP contribution in [0, 0.1) is 10.9 Å². The molecular weight excluding hydrogens is 132 g/mol. The lowest BCUT2D eigenvalue weighted by atomic mass is 9.98. The Morgan fingerprint density at radius 3 is 2.56 bits per heavy atom. The van der Waals surface area contributed by atoms with Crippen LogP contribution in [0.1, 0.15) is 20.8 Å². The van der Waals surface area contributed by atoms with Crippen LogP contribution in [0.3, 0.4) is 0 Å². The van der Waals surface area contributed by atoms with Gasteiger partial charge in [-0.25, -0.2) is 0 Å². The maximum atomic E-state index is 5.37. The van der Waals surface area contributed by atoms with Crippen molar-refractivity contribution in [3.63, 3.8) is 0 Å². The normalized spacial score (nSPS) is 28.3. The van der Waals surface area contributed by atoms with Gasteiger partial charge in [-0.15, -0.1) is 11.8 Å². The fourth-order valence-corrected chi connectivity index (χ4v) is 1.50. The van der Waals surface area contributed by atoms with Gasteiger partial charge in [0.15, 0.2) is 0 Å². The molecule has 1 aliphatic rings. The van der Waals surface area contributed by atoms with Crippen molar-refractivity contribution in [1.29, 1.82) is 0 Å². The second kappa shape index (κ2) is 2.51. The lowest BCUT2D eigenvalue weighted by Crippen LogP contribution is -2.27. The van der Waals surface area contributed by atoms with Crippen LogP contribution in [0.2, 0.25) is 0 Å². The largest absolute Gasteiger partial charge is 0.360 e. The van der Waals surface area contributed by atoms with Crippen LogP contribution in [-0.2, 0) is 4.74 Å². The van der Waals surface area contributed by atoms with Gasteiger partial charge in [-0.2, -0.15) is 0 Å². The van der Waals surface area contributed by atoms with Crippen molar-refractivity contribution in [3.8, 4) is 0 Å². The van der Waals surface area contributed by atoms with E-state index >= 15 is 0 Å². The average molecular weight is 145 g/mol. The summed E-state index contributed by atoms with van der Waals surface area (Å²) in [4.78, 5) is 0. The highest BCUT2D eigenvalue weighted by atomic mass is 32.2. The molecule has 0 atom stereocenters. The smallest absolute Gasteiger partial charge is 0.148 e. The molecule has 1 fully saturated rings. The van der Waals surface area contributed by atoms with Gasteiger partial charge in [0.05, 0.1) is 6.61 Å². The predicted molar refractivity (Wildman–Crippen MR) is 41.1 cm³/mol. The van der Waals surface area contributed by atoms with Crippen molar-refractivity contribution in [2.75, 3.05) is 12.4 Å². The third-order valence-corrected chi connectivity index (χ3v) is 2.78. The van der Waals surface area contributed by atoms with Gasteiger partial charge < -0.3 is 4.74 Å². The first-order valence-corrected chi connectivity index (χ1v) is 4.18. The van der Waals surface area contributed by atoms with E-state index in [1.807, 2.05) is 18.7 Å². The van der Waals surface area contributed by atoms with Gasteiger partial charge in [0.25, 0.3) is 0 Å². The maximum Gasteiger partial charge on any atom is 0.148 e. The van der Waals surface area contributed by atoms with Gasteiger partial charge >= 0.3 is 0 Å². The van der Waals surface area contributed by atoms with Crippen molar-refractivity contribution >= 4 is 11.8 Å². The molecule has 0 saturated carbocycles. The fourth-order valence-electron chi connectivity index (χ4n) is 0.677. The van der Waals surface area contributed by atoms with Crippen molar-refractivity contribution in [2.45, 2.75) is 20.8 Å². The molecule has 1 rings (SSSR count). The average Bonchev–Trinajstić information content (AvgIpc) is 1.78. The Hall–Kier alpha value is 0.310. The standard InChI is InChI=1S/C7H13OS/c1-6-8-4-7(2,3)5-9-6/h4-5H2,1-3H3. The topological polar surface area (TPSA) is 9.23 Å². The van der Waals surface area contributed by atoms with Crippen LogP contribution in [-0.4, -0.2) is 12.4 Å². The van der Waals surface area contributed by atoms with Crippen LogP contribution in [0.5, 0.6) is 0 Å². The summed E-state index contributed by atoms with van der Waals surface area (Å²) in [5.41, 5.74) is 1.50. The SMILES string of the molecule is C[C]1OCC(C)(C)CS1. The molecule has 1 nitrogen and oxygen atoms in total. The number of ether oxygens (including phenoxy) is 1. The molecule has 53 valence electrons. The number of hydrogen-bond donors (Lipinski definition) is 0. The van der Waals surface area contributed by atoms with E-state index in [1.165, 1.54) is 5.75 Å². The summed E-state index contributed by atoms with van der Waals surface area (Å²) in [6, 6.07) is 0. The van der Waals surface area contributed by atoms with Crippen molar-refractivity contribution < 1.29 is 4.74 Å². The molecule has 9 heavy (non-hydrogen) atoms. The third kappa shape index (κ3) is 2.18. The number of hydrogen-bond acceptors (Lipinski definition) is 2. The van der Waals surface area contributed by atoms with Crippen LogP contribution in [0.15, 0.2) is 0 Å². The molecule has 0 aromatic heterocycles. The van der Waals surface area contributed by atoms with Gasteiger partial charge in [0, 0.05) is 5.75 Å². The van der Waals surface area contributed by atoms with E-state index in [0.717, 1.165) is 12.0 Å². The Balaban J connectivity index is 2.35. The summed E-state index contributed by atoms with van der Waals surface area (Å²) in [5, 5.41) is 0. The minimum atomic E-state index is 0.379. The molecule has 2 heteroatoms. The maximum absolute atomic E-state index is 5.37. The Morgan fingerprint density at radius 2 is 2.22 bits per heavy atom. The van der Waals surface area contributed by atoms with Crippen LogP contribution in [0.25, 0.3) is 0 Å². The van der Waals surface area contributed by atoms with Crippen LogP contribution in [0.4, 0.5) is 0 Å². The second-order valence-corrected chi connectivity index (χ2v) is 4.39. The minimum absolute atomic E-state index is 0.379. The van der Waals surface area contributed by atoms with E-state index in [1.54, 1.807) is 0 Å². The highest BCUT2D eigenvalue weighted by molar-refractivity contribution is 8.01.